The molecule has 2 nitrogen and oxygen atoms in total. The molecule has 2 rings (SSSR count). The van der Waals surface area contributed by atoms with Gasteiger partial charge in [-0.3, -0.25) is 4.90 Å². The lowest BCUT2D eigenvalue weighted by atomic mass is 9.83. The summed E-state index contributed by atoms with van der Waals surface area (Å²) in [6, 6.07) is 5.54. The molecule has 1 aromatic carbocycles. The van der Waals surface area contributed by atoms with Gasteiger partial charge in [0, 0.05) is 29.7 Å². The summed E-state index contributed by atoms with van der Waals surface area (Å²) in [5.74, 6) is 0.291. The van der Waals surface area contributed by atoms with Crippen LogP contribution in [-0.4, -0.2) is 28.7 Å². The molecule has 0 radical (unpaired) electrons. The van der Waals surface area contributed by atoms with Crippen molar-refractivity contribution in [3.8, 4) is 0 Å². The van der Waals surface area contributed by atoms with Gasteiger partial charge in [0.05, 0.1) is 5.60 Å². The van der Waals surface area contributed by atoms with Gasteiger partial charge in [-0.1, -0.05) is 43.1 Å². The Hall–Kier alpha value is -0.280. The van der Waals surface area contributed by atoms with Crippen molar-refractivity contribution in [1.29, 1.82) is 0 Å². The first-order valence-corrected chi connectivity index (χ1v) is 6.55. The van der Waals surface area contributed by atoms with E-state index < -0.39 is 5.60 Å². The van der Waals surface area contributed by atoms with Gasteiger partial charge in [-0.15, -0.1) is 0 Å². The van der Waals surface area contributed by atoms with Crippen LogP contribution >= 0.6 is 23.2 Å². The summed E-state index contributed by atoms with van der Waals surface area (Å²) < 4.78 is 0. The smallest absolute Gasteiger partial charge is 0.0923 e. The third-order valence-corrected chi connectivity index (χ3v) is 4.07. The number of rotatable bonds is 3. The summed E-state index contributed by atoms with van der Waals surface area (Å²) >= 11 is 12.0. The molecule has 1 aliphatic rings. The van der Waals surface area contributed by atoms with E-state index in [0.29, 0.717) is 29.1 Å². The predicted octanol–water partition coefficient (Wildman–Crippen LogP) is 3.20. The van der Waals surface area contributed by atoms with Crippen molar-refractivity contribution in [3.05, 3.63) is 33.8 Å². The Morgan fingerprint density at radius 1 is 1.35 bits per heavy atom. The van der Waals surface area contributed by atoms with Crippen LogP contribution in [0.4, 0.5) is 0 Å². The fourth-order valence-corrected chi connectivity index (χ4v) is 2.56. The van der Waals surface area contributed by atoms with E-state index in [9.17, 15) is 5.11 Å². The van der Waals surface area contributed by atoms with Gasteiger partial charge in [0.25, 0.3) is 0 Å². The summed E-state index contributed by atoms with van der Waals surface area (Å²) in [6.07, 6.45) is 0. The van der Waals surface area contributed by atoms with E-state index in [0.717, 1.165) is 12.1 Å². The minimum atomic E-state index is -0.529. The van der Waals surface area contributed by atoms with E-state index >= 15 is 0 Å². The second kappa shape index (κ2) is 4.77. The summed E-state index contributed by atoms with van der Waals surface area (Å²) in [7, 11) is 0. The van der Waals surface area contributed by atoms with Gasteiger partial charge in [0.1, 0.15) is 0 Å². The minimum Gasteiger partial charge on any atom is -0.387 e. The normalized spacial score (nSPS) is 19.4. The Morgan fingerprint density at radius 2 is 2.00 bits per heavy atom. The predicted molar refractivity (Wildman–Crippen MR) is 71.5 cm³/mol. The van der Waals surface area contributed by atoms with Gasteiger partial charge in [-0.25, -0.2) is 0 Å². The van der Waals surface area contributed by atoms with Crippen LogP contribution in [0.3, 0.4) is 0 Å². The summed E-state index contributed by atoms with van der Waals surface area (Å²) in [5.41, 5.74) is 0.528. The largest absolute Gasteiger partial charge is 0.387 e. The third kappa shape index (κ3) is 2.76. The van der Waals surface area contributed by atoms with E-state index in [4.69, 9.17) is 23.2 Å². The van der Waals surface area contributed by atoms with Crippen LogP contribution in [0.1, 0.15) is 19.4 Å². The van der Waals surface area contributed by atoms with E-state index in [1.807, 2.05) is 26.0 Å². The zero-order valence-corrected chi connectivity index (χ0v) is 11.6. The van der Waals surface area contributed by atoms with Gasteiger partial charge in [-0.2, -0.15) is 0 Å². The average molecular weight is 274 g/mol. The van der Waals surface area contributed by atoms with Gasteiger partial charge in [0.2, 0.25) is 0 Å². The maximum atomic E-state index is 10.2. The molecule has 1 aliphatic heterocycles. The highest BCUT2D eigenvalue weighted by Crippen LogP contribution is 2.31. The highest BCUT2D eigenvalue weighted by atomic mass is 35.5. The van der Waals surface area contributed by atoms with Crippen LogP contribution in [0.5, 0.6) is 0 Å². The molecule has 0 aliphatic carbocycles. The number of benzene rings is 1. The van der Waals surface area contributed by atoms with Crippen molar-refractivity contribution in [3.63, 3.8) is 0 Å². The molecule has 1 fully saturated rings. The molecule has 0 bridgehead atoms. The number of hydrogen-bond acceptors (Lipinski definition) is 2. The molecule has 0 saturated carbocycles. The molecule has 17 heavy (non-hydrogen) atoms. The highest BCUT2D eigenvalue weighted by Gasteiger charge is 2.43. The Labute approximate surface area is 112 Å². The summed E-state index contributed by atoms with van der Waals surface area (Å²) in [6.45, 7) is 6.29. The fraction of sp³-hybridized carbons (Fsp3) is 0.538. The minimum absolute atomic E-state index is 0.291. The molecule has 1 aromatic rings. The Morgan fingerprint density at radius 3 is 2.53 bits per heavy atom. The second-order valence-corrected chi connectivity index (χ2v) is 5.98. The average Bonchev–Trinajstić information content (AvgIpc) is 2.19. The molecule has 94 valence electrons. The summed E-state index contributed by atoms with van der Waals surface area (Å²) in [5, 5.41) is 11.5. The number of nitrogens with zero attached hydrogens (tertiary/aromatic N) is 1. The molecule has 1 heterocycles. The Bertz CT molecular complexity index is 414. The monoisotopic (exact) mass is 273 g/mol. The summed E-state index contributed by atoms with van der Waals surface area (Å²) in [4.78, 5) is 2.19. The zero-order chi connectivity index (χ0) is 12.6. The van der Waals surface area contributed by atoms with Crippen molar-refractivity contribution in [2.24, 2.45) is 5.92 Å². The Kier molecular flexibility index (Phi) is 3.69. The first kappa shape index (κ1) is 13.2. The topological polar surface area (TPSA) is 23.5 Å². The van der Waals surface area contributed by atoms with Gasteiger partial charge in [0.15, 0.2) is 0 Å². The molecule has 1 N–H and O–H groups in total. The maximum Gasteiger partial charge on any atom is 0.0923 e. The molecular formula is C13H17Cl2NO. The van der Waals surface area contributed by atoms with Crippen molar-refractivity contribution in [2.45, 2.75) is 26.0 Å². The van der Waals surface area contributed by atoms with Gasteiger partial charge < -0.3 is 5.11 Å². The zero-order valence-electron chi connectivity index (χ0n) is 10.1. The van der Waals surface area contributed by atoms with E-state index in [1.165, 1.54) is 0 Å². The number of likely N-dealkylation sites (tertiary alicyclic amines) is 1. The Balaban J connectivity index is 1.96. The molecule has 0 unspecified atom stereocenters. The molecule has 0 spiro atoms. The van der Waals surface area contributed by atoms with Crippen LogP contribution in [0.15, 0.2) is 18.2 Å². The molecule has 0 atom stereocenters. The van der Waals surface area contributed by atoms with Gasteiger partial charge in [-0.05, 0) is 23.6 Å². The van der Waals surface area contributed by atoms with Crippen molar-refractivity contribution < 1.29 is 5.11 Å². The fourth-order valence-electron chi connectivity index (χ4n) is 2.10. The molecular weight excluding hydrogens is 257 g/mol. The second-order valence-electron chi connectivity index (χ2n) is 5.14. The molecule has 1 saturated heterocycles. The van der Waals surface area contributed by atoms with E-state index in [1.54, 1.807) is 6.07 Å². The molecule has 0 aromatic heterocycles. The molecule has 4 heteroatoms. The first-order chi connectivity index (χ1) is 7.90. The van der Waals surface area contributed by atoms with Crippen LogP contribution in [0.2, 0.25) is 10.0 Å². The van der Waals surface area contributed by atoms with Crippen LogP contribution in [0, 0.1) is 5.92 Å². The van der Waals surface area contributed by atoms with Crippen LogP contribution in [0.25, 0.3) is 0 Å². The third-order valence-electron chi connectivity index (χ3n) is 3.48. The lowest BCUT2D eigenvalue weighted by Gasteiger charge is -2.49. The number of β-amino-alcohol motifs (C(OH)–C–C–N with tert-alkyl or cyclic N) is 1. The SMILES string of the molecule is CC(C)C1(O)CN(Cc2ccc(Cl)cc2Cl)C1. The highest BCUT2D eigenvalue weighted by molar-refractivity contribution is 6.35. The quantitative estimate of drug-likeness (QED) is 0.915. The lowest BCUT2D eigenvalue weighted by molar-refractivity contribution is -0.130. The standard InChI is InChI=1S/C13H17Cl2NO/c1-9(2)13(17)7-16(8-13)6-10-3-4-11(14)5-12(10)15/h3-5,9,17H,6-8H2,1-2H3. The number of hydrogen-bond donors (Lipinski definition) is 1. The van der Waals surface area contributed by atoms with Crippen molar-refractivity contribution >= 4 is 23.2 Å². The van der Waals surface area contributed by atoms with Crippen LogP contribution in [-0.2, 0) is 6.54 Å². The van der Waals surface area contributed by atoms with E-state index in [-0.39, 0.29) is 0 Å². The van der Waals surface area contributed by atoms with Gasteiger partial charge >= 0.3 is 0 Å². The van der Waals surface area contributed by atoms with Crippen molar-refractivity contribution in [1.82, 2.24) is 4.90 Å². The number of aliphatic hydroxyl groups is 1. The van der Waals surface area contributed by atoms with Crippen molar-refractivity contribution in [2.75, 3.05) is 13.1 Å². The van der Waals surface area contributed by atoms with Crippen LogP contribution < -0.4 is 0 Å². The maximum absolute atomic E-state index is 10.2. The number of halogens is 2. The molecule has 0 amide bonds. The van der Waals surface area contributed by atoms with E-state index in [2.05, 4.69) is 4.90 Å². The lowest BCUT2D eigenvalue weighted by Crippen LogP contribution is -2.63. The first-order valence-electron chi connectivity index (χ1n) is 5.79.